The van der Waals surface area contributed by atoms with Crippen molar-refractivity contribution < 1.29 is 18.7 Å². The van der Waals surface area contributed by atoms with Crippen LogP contribution >= 0.6 is 0 Å². The number of carbonyl (C=O) groups is 2. The van der Waals surface area contributed by atoms with Gasteiger partial charge in [0.05, 0.1) is 6.10 Å². The van der Waals surface area contributed by atoms with Crippen molar-refractivity contribution in [3.8, 4) is 0 Å². The molecule has 2 aromatic rings. The van der Waals surface area contributed by atoms with E-state index in [1.807, 2.05) is 46.8 Å². The standard InChI is InChI=1S/C25H31FN2O3/c1-16-12-20(13-17(2)24(16)27-22(29)14-25(3,4)5)28-11-10-21(31-15-23(28)30)18-6-8-19(26)9-7-18/h6-9,12-13,21H,10-11,14-15H2,1-5H3,(H,27,29). The average Bonchev–Trinajstić information content (AvgIpc) is 2.85. The van der Waals surface area contributed by atoms with Crippen LogP contribution in [0.2, 0.25) is 0 Å². The maximum Gasteiger partial charge on any atom is 0.253 e. The quantitative estimate of drug-likeness (QED) is 0.721. The van der Waals surface area contributed by atoms with E-state index in [1.165, 1.54) is 12.1 Å². The zero-order valence-corrected chi connectivity index (χ0v) is 18.9. The molecule has 1 aliphatic heterocycles. The molecule has 0 radical (unpaired) electrons. The lowest BCUT2D eigenvalue weighted by Crippen LogP contribution is -2.32. The summed E-state index contributed by atoms with van der Waals surface area (Å²) >= 11 is 0. The van der Waals surface area contributed by atoms with Crippen LogP contribution in [0.15, 0.2) is 36.4 Å². The summed E-state index contributed by atoms with van der Waals surface area (Å²) < 4.78 is 19.0. The van der Waals surface area contributed by atoms with Gasteiger partial charge in [-0.3, -0.25) is 9.59 Å². The first-order valence-corrected chi connectivity index (χ1v) is 10.6. The topological polar surface area (TPSA) is 58.6 Å². The molecule has 5 nitrogen and oxygen atoms in total. The van der Waals surface area contributed by atoms with Gasteiger partial charge in [0.1, 0.15) is 12.4 Å². The molecule has 1 N–H and O–H groups in total. The summed E-state index contributed by atoms with van der Waals surface area (Å²) in [5, 5.41) is 3.02. The lowest BCUT2D eigenvalue weighted by molar-refractivity contribution is -0.123. The fourth-order valence-electron chi connectivity index (χ4n) is 3.88. The van der Waals surface area contributed by atoms with E-state index in [2.05, 4.69) is 5.32 Å². The largest absolute Gasteiger partial charge is 0.364 e. The third kappa shape index (κ3) is 5.91. The van der Waals surface area contributed by atoms with Gasteiger partial charge in [-0.2, -0.15) is 0 Å². The molecule has 1 fully saturated rings. The molecule has 1 unspecified atom stereocenters. The molecule has 6 heteroatoms. The molecular weight excluding hydrogens is 395 g/mol. The molecule has 1 atom stereocenters. The van der Waals surface area contributed by atoms with Gasteiger partial charge >= 0.3 is 0 Å². The van der Waals surface area contributed by atoms with Crippen molar-refractivity contribution >= 4 is 23.2 Å². The van der Waals surface area contributed by atoms with Crippen molar-refractivity contribution in [3.05, 3.63) is 58.9 Å². The zero-order valence-electron chi connectivity index (χ0n) is 18.9. The highest BCUT2D eigenvalue weighted by atomic mass is 19.1. The predicted molar refractivity (Wildman–Crippen MR) is 121 cm³/mol. The molecule has 1 aliphatic rings. The summed E-state index contributed by atoms with van der Waals surface area (Å²) in [6, 6.07) is 10.1. The van der Waals surface area contributed by atoms with E-state index < -0.39 is 0 Å². The summed E-state index contributed by atoms with van der Waals surface area (Å²) in [7, 11) is 0. The van der Waals surface area contributed by atoms with Crippen LogP contribution in [0, 0.1) is 25.1 Å². The molecule has 3 rings (SSSR count). The Morgan fingerprint density at radius 1 is 1.16 bits per heavy atom. The number of benzene rings is 2. The van der Waals surface area contributed by atoms with Crippen LogP contribution in [0.3, 0.4) is 0 Å². The van der Waals surface area contributed by atoms with E-state index in [1.54, 1.807) is 17.0 Å². The number of ether oxygens (including phenoxy) is 1. The van der Waals surface area contributed by atoms with Crippen LogP contribution in [-0.2, 0) is 14.3 Å². The molecule has 2 amide bonds. The second-order valence-corrected chi connectivity index (χ2v) is 9.43. The number of aryl methyl sites for hydroxylation is 2. The highest BCUT2D eigenvalue weighted by Crippen LogP contribution is 2.31. The summed E-state index contributed by atoms with van der Waals surface area (Å²) in [4.78, 5) is 26.9. The van der Waals surface area contributed by atoms with Crippen molar-refractivity contribution in [1.29, 1.82) is 0 Å². The van der Waals surface area contributed by atoms with Gasteiger partial charge in [0.25, 0.3) is 5.91 Å². The van der Waals surface area contributed by atoms with Crippen molar-refractivity contribution in [3.63, 3.8) is 0 Å². The number of amides is 2. The van der Waals surface area contributed by atoms with E-state index >= 15 is 0 Å². The maximum absolute atomic E-state index is 13.2. The number of halogens is 1. The molecule has 31 heavy (non-hydrogen) atoms. The Hall–Kier alpha value is -2.73. The van der Waals surface area contributed by atoms with Crippen molar-refractivity contribution in [2.75, 3.05) is 23.4 Å². The zero-order chi connectivity index (χ0) is 22.8. The number of carbonyl (C=O) groups excluding carboxylic acids is 2. The Morgan fingerprint density at radius 2 is 1.77 bits per heavy atom. The molecule has 2 aromatic carbocycles. The Labute approximate surface area is 183 Å². The fourth-order valence-corrected chi connectivity index (χ4v) is 3.88. The smallest absolute Gasteiger partial charge is 0.253 e. The van der Waals surface area contributed by atoms with Gasteiger partial charge in [0.2, 0.25) is 5.91 Å². The summed E-state index contributed by atoms with van der Waals surface area (Å²) in [6.45, 7) is 10.4. The average molecular weight is 427 g/mol. The lowest BCUT2D eigenvalue weighted by Gasteiger charge is -2.23. The van der Waals surface area contributed by atoms with Crippen LogP contribution in [0.5, 0.6) is 0 Å². The van der Waals surface area contributed by atoms with Crippen molar-refractivity contribution in [2.24, 2.45) is 5.41 Å². The van der Waals surface area contributed by atoms with Crippen LogP contribution in [0.4, 0.5) is 15.8 Å². The second-order valence-electron chi connectivity index (χ2n) is 9.43. The van der Waals surface area contributed by atoms with Gasteiger partial charge in [-0.1, -0.05) is 32.9 Å². The monoisotopic (exact) mass is 426 g/mol. The number of nitrogens with one attached hydrogen (secondary N) is 1. The Kier molecular flexibility index (Phi) is 6.80. The minimum Gasteiger partial charge on any atom is -0.364 e. The third-order valence-corrected chi connectivity index (χ3v) is 5.35. The molecule has 1 heterocycles. The summed E-state index contributed by atoms with van der Waals surface area (Å²) in [5.74, 6) is -0.434. The van der Waals surface area contributed by atoms with E-state index in [4.69, 9.17) is 4.74 Å². The minimum absolute atomic E-state index is 0.0205. The molecule has 0 aliphatic carbocycles. The van der Waals surface area contributed by atoms with Gasteiger partial charge < -0.3 is 15.0 Å². The lowest BCUT2D eigenvalue weighted by atomic mass is 9.92. The first-order chi connectivity index (χ1) is 14.5. The summed E-state index contributed by atoms with van der Waals surface area (Å²) in [5.41, 5.74) is 4.17. The van der Waals surface area contributed by atoms with E-state index in [-0.39, 0.29) is 35.8 Å². The van der Waals surface area contributed by atoms with Crippen LogP contribution in [0.25, 0.3) is 0 Å². The van der Waals surface area contributed by atoms with E-state index in [9.17, 15) is 14.0 Å². The molecule has 0 saturated carbocycles. The molecular formula is C25H31FN2O3. The van der Waals surface area contributed by atoms with Crippen LogP contribution in [0.1, 0.15) is 56.4 Å². The highest BCUT2D eigenvalue weighted by Gasteiger charge is 2.26. The maximum atomic E-state index is 13.2. The molecule has 0 aromatic heterocycles. The number of hydrogen-bond donors (Lipinski definition) is 1. The summed E-state index contributed by atoms with van der Waals surface area (Å²) in [6.07, 6.45) is 0.785. The van der Waals surface area contributed by atoms with Gasteiger partial charge in [0, 0.05) is 24.3 Å². The molecule has 0 spiro atoms. The van der Waals surface area contributed by atoms with Crippen molar-refractivity contribution in [2.45, 2.75) is 53.6 Å². The third-order valence-electron chi connectivity index (χ3n) is 5.35. The van der Waals surface area contributed by atoms with Crippen LogP contribution in [-0.4, -0.2) is 25.0 Å². The molecule has 1 saturated heterocycles. The predicted octanol–water partition coefficient (Wildman–Crippen LogP) is 5.31. The Balaban J connectivity index is 1.76. The van der Waals surface area contributed by atoms with Gasteiger partial charge in [-0.25, -0.2) is 4.39 Å². The highest BCUT2D eigenvalue weighted by molar-refractivity contribution is 5.96. The molecule has 166 valence electrons. The minimum atomic E-state index is -0.296. The fraction of sp³-hybridized carbons (Fsp3) is 0.440. The number of anilines is 2. The van der Waals surface area contributed by atoms with E-state index in [0.717, 1.165) is 28.1 Å². The first kappa shape index (κ1) is 22.9. The van der Waals surface area contributed by atoms with Crippen LogP contribution < -0.4 is 10.2 Å². The van der Waals surface area contributed by atoms with Crippen molar-refractivity contribution in [1.82, 2.24) is 0 Å². The second kappa shape index (κ2) is 9.18. The normalized spacial score (nSPS) is 17.4. The van der Waals surface area contributed by atoms with E-state index in [0.29, 0.717) is 19.4 Å². The Morgan fingerprint density at radius 3 is 2.35 bits per heavy atom. The Bertz CT molecular complexity index is 941. The number of rotatable bonds is 4. The van der Waals surface area contributed by atoms with Gasteiger partial charge in [-0.15, -0.1) is 0 Å². The first-order valence-electron chi connectivity index (χ1n) is 10.6. The molecule has 0 bridgehead atoms. The van der Waals surface area contributed by atoms with Gasteiger partial charge in [-0.05, 0) is 66.6 Å². The van der Waals surface area contributed by atoms with Gasteiger partial charge in [0.15, 0.2) is 0 Å². The number of hydrogen-bond acceptors (Lipinski definition) is 3. The number of nitrogens with zero attached hydrogens (tertiary/aromatic N) is 1. The SMILES string of the molecule is Cc1cc(N2CCC(c3ccc(F)cc3)OCC2=O)cc(C)c1NC(=O)CC(C)(C)C.